The largest absolute Gasteiger partial charge is 0.497 e. The maximum Gasteiger partial charge on any atom is 0.127 e. The fraction of sp³-hybridized carbons (Fsp3) is 0.250. The van der Waals surface area contributed by atoms with Gasteiger partial charge in [-0.2, -0.15) is 0 Å². The molecule has 1 saturated heterocycles. The Hall–Kier alpha value is -2.82. The minimum Gasteiger partial charge on any atom is -0.497 e. The highest BCUT2D eigenvalue weighted by Gasteiger charge is 2.27. The van der Waals surface area contributed by atoms with Gasteiger partial charge in [0.2, 0.25) is 0 Å². The van der Waals surface area contributed by atoms with E-state index in [1.54, 1.807) is 7.11 Å². The molecule has 3 aromatic carbocycles. The SMILES string of the molecule is COc1ccc(Oc2cccc(CNC3CCNC3c3ccccc3)c2)cc1. The summed E-state index contributed by atoms with van der Waals surface area (Å²) >= 11 is 0. The topological polar surface area (TPSA) is 42.5 Å². The summed E-state index contributed by atoms with van der Waals surface area (Å²) < 4.78 is 11.2. The van der Waals surface area contributed by atoms with E-state index >= 15 is 0 Å². The summed E-state index contributed by atoms with van der Waals surface area (Å²) in [7, 11) is 1.66. The van der Waals surface area contributed by atoms with Gasteiger partial charge in [-0.1, -0.05) is 42.5 Å². The highest BCUT2D eigenvalue weighted by molar-refractivity contribution is 5.37. The van der Waals surface area contributed by atoms with Crippen LogP contribution in [-0.2, 0) is 6.54 Å². The summed E-state index contributed by atoms with van der Waals surface area (Å²) in [6.45, 7) is 1.85. The number of hydrogen-bond acceptors (Lipinski definition) is 4. The Morgan fingerprint density at radius 2 is 1.68 bits per heavy atom. The zero-order chi connectivity index (χ0) is 19.2. The minimum atomic E-state index is 0.361. The van der Waals surface area contributed by atoms with E-state index in [1.165, 1.54) is 11.1 Å². The van der Waals surface area contributed by atoms with Crippen LogP contribution in [0.15, 0.2) is 78.9 Å². The van der Waals surface area contributed by atoms with Crippen LogP contribution < -0.4 is 20.1 Å². The smallest absolute Gasteiger partial charge is 0.127 e. The van der Waals surface area contributed by atoms with E-state index in [4.69, 9.17) is 9.47 Å². The summed E-state index contributed by atoms with van der Waals surface area (Å²) in [6, 6.07) is 27.3. The molecule has 0 saturated carbocycles. The van der Waals surface area contributed by atoms with Crippen LogP contribution in [0.4, 0.5) is 0 Å². The molecule has 0 bridgehead atoms. The predicted molar refractivity (Wildman–Crippen MR) is 112 cm³/mol. The van der Waals surface area contributed by atoms with Gasteiger partial charge in [-0.3, -0.25) is 0 Å². The summed E-state index contributed by atoms with van der Waals surface area (Å²) in [5.41, 5.74) is 2.55. The number of ether oxygens (including phenoxy) is 2. The highest BCUT2D eigenvalue weighted by Crippen LogP contribution is 2.26. The van der Waals surface area contributed by atoms with Crippen LogP contribution >= 0.6 is 0 Å². The molecule has 4 rings (SSSR count). The van der Waals surface area contributed by atoms with Gasteiger partial charge in [0.15, 0.2) is 0 Å². The first-order valence-electron chi connectivity index (χ1n) is 9.74. The minimum absolute atomic E-state index is 0.361. The summed E-state index contributed by atoms with van der Waals surface area (Å²) in [5, 5.41) is 7.33. The van der Waals surface area contributed by atoms with Crippen LogP contribution in [0.2, 0.25) is 0 Å². The molecule has 28 heavy (non-hydrogen) atoms. The lowest BCUT2D eigenvalue weighted by Crippen LogP contribution is -2.33. The first kappa shape index (κ1) is 18.5. The van der Waals surface area contributed by atoms with Crippen LogP contribution in [0.3, 0.4) is 0 Å². The zero-order valence-electron chi connectivity index (χ0n) is 16.1. The van der Waals surface area contributed by atoms with E-state index in [9.17, 15) is 0 Å². The van der Waals surface area contributed by atoms with Crippen LogP contribution in [0.5, 0.6) is 17.2 Å². The molecule has 1 aliphatic heterocycles. The van der Waals surface area contributed by atoms with E-state index in [-0.39, 0.29) is 0 Å². The van der Waals surface area contributed by atoms with Crippen molar-refractivity contribution in [2.75, 3.05) is 13.7 Å². The molecule has 0 aliphatic carbocycles. The van der Waals surface area contributed by atoms with Crippen LogP contribution in [0, 0.1) is 0 Å². The molecule has 0 radical (unpaired) electrons. The Bertz CT molecular complexity index is 881. The van der Waals surface area contributed by atoms with Gasteiger partial charge in [-0.05, 0) is 60.5 Å². The van der Waals surface area contributed by atoms with Crippen molar-refractivity contribution in [2.24, 2.45) is 0 Å². The van der Waals surface area contributed by atoms with Crippen molar-refractivity contribution in [3.8, 4) is 17.2 Å². The zero-order valence-corrected chi connectivity index (χ0v) is 16.1. The molecule has 4 nitrogen and oxygen atoms in total. The predicted octanol–water partition coefficient (Wildman–Crippen LogP) is 4.68. The molecule has 2 atom stereocenters. The number of benzene rings is 3. The molecule has 3 aromatic rings. The first-order valence-corrected chi connectivity index (χ1v) is 9.74. The van der Waals surface area contributed by atoms with E-state index in [1.807, 2.05) is 36.4 Å². The molecule has 0 amide bonds. The third-order valence-electron chi connectivity index (χ3n) is 5.14. The maximum absolute atomic E-state index is 5.99. The molecular weight excluding hydrogens is 348 g/mol. The fourth-order valence-corrected chi connectivity index (χ4v) is 3.68. The molecule has 2 unspecified atom stereocenters. The van der Waals surface area contributed by atoms with Gasteiger partial charge in [-0.15, -0.1) is 0 Å². The number of hydrogen-bond donors (Lipinski definition) is 2. The van der Waals surface area contributed by atoms with Crippen LogP contribution in [0.25, 0.3) is 0 Å². The molecule has 1 heterocycles. The third-order valence-corrected chi connectivity index (χ3v) is 5.14. The van der Waals surface area contributed by atoms with E-state index in [2.05, 4.69) is 53.1 Å². The molecule has 1 aliphatic rings. The number of methoxy groups -OCH3 is 1. The Kier molecular flexibility index (Phi) is 5.90. The van der Waals surface area contributed by atoms with Crippen LogP contribution in [0.1, 0.15) is 23.6 Å². The van der Waals surface area contributed by atoms with Crippen molar-refractivity contribution < 1.29 is 9.47 Å². The highest BCUT2D eigenvalue weighted by atomic mass is 16.5. The Balaban J connectivity index is 1.38. The van der Waals surface area contributed by atoms with Crippen molar-refractivity contribution in [1.29, 1.82) is 0 Å². The summed E-state index contributed by atoms with van der Waals surface area (Å²) in [6.07, 6.45) is 1.13. The van der Waals surface area contributed by atoms with Gasteiger partial charge in [0.1, 0.15) is 17.2 Å². The molecule has 0 aromatic heterocycles. The molecule has 2 N–H and O–H groups in total. The first-order chi connectivity index (χ1) is 13.8. The van der Waals surface area contributed by atoms with Gasteiger partial charge >= 0.3 is 0 Å². The second kappa shape index (κ2) is 8.91. The molecule has 4 heteroatoms. The van der Waals surface area contributed by atoms with Gasteiger partial charge in [0.05, 0.1) is 7.11 Å². The van der Waals surface area contributed by atoms with E-state index in [0.717, 1.165) is 36.8 Å². The average molecular weight is 374 g/mol. The Morgan fingerprint density at radius 1 is 0.893 bits per heavy atom. The standard InChI is InChI=1S/C24H26N2O2/c1-27-20-10-12-21(13-11-20)28-22-9-5-6-18(16-22)17-26-23-14-15-25-24(23)19-7-3-2-4-8-19/h2-13,16,23-26H,14-15,17H2,1H3. The Morgan fingerprint density at radius 3 is 2.46 bits per heavy atom. The number of rotatable bonds is 7. The third kappa shape index (κ3) is 4.53. The van der Waals surface area contributed by atoms with Gasteiger partial charge in [-0.25, -0.2) is 0 Å². The van der Waals surface area contributed by atoms with Crippen molar-refractivity contribution in [1.82, 2.24) is 10.6 Å². The van der Waals surface area contributed by atoms with Gasteiger partial charge in [0.25, 0.3) is 0 Å². The monoisotopic (exact) mass is 374 g/mol. The van der Waals surface area contributed by atoms with E-state index in [0.29, 0.717) is 12.1 Å². The van der Waals surface area contributed by atoms with Gasteiger partial charge in [0, 0.05) is 18.6 Å². The number of nitrogens with one attached hydrogen (secondary N) is 2. The van der Waals surface area contributed by atoms with Gasteiger partial charge < -0.3 is 20.1 Å². The fourth-order valence-electron chi connectivity index (χ4n) is 3.68. The molecule has 144 valence electrons. The molecule has 1 fully saturated rings. The Labute approximate surface area is 166 Å². The summed E-state index contributed by atoms with van der Waals surface area (Å²) in [4.78, 5) is 0. The summed E-state index contributed by atoms with van der Waals surface area (Å²) in [5.74, 6) is 2.46. The molecular formula is C24H26N2O2. The lowest BCUT2D eigenvalue weighted by molar-refractivity contribution is 0.413. The van der Waals surface area contributed by atoms with Crippen molar-refractivity contribution >= 4 is 0 Å². The quantitative estimate of drug-likeness (QED) is 0.630. The lowest BCUT2D eigenvalue weighted by Gasteiger charge is -2.21. The van der Waals surface area contributed by atoms with Crippen LogP contribution in [-0.4, -0.2) is 19.7 Å². The second-order valence-electron chi connectivity index (χ2n) is 7.04. The van der Waals surface area contributed by atoms with Crippen molar-refractivity contribution in [3.05, 3.63) is 90.0 Å². The second-order valence-corrected chi connectivity index (χ2v) is 7.04. The normalized spacial score (nSPS) is 18.8. The maximum atomic E-state index is 5.99. The lowest BCUT2D eigenvalue weighted by atomic mass is 10.0. The average Bonchev–Trinajstić information content (AvgIpc) is 3.22. The van der Waals surface area contributed by atoms with Crippen molar-refractivity contribution in [3.63, 3.8) is 0 Å². The molecule has 0 spiro atoms. The van der Waals surface area contributed by atoms with E-state index < -0.39 is 0 Å². The van der Waals surface area contributed by atoms with Crippen molar-refractivity contribution in [2.45, 2.75) is 25.0 Å².